The van der Waals surface area contributed by atoms with Crippen LogP contribution in [0.25, 0.3) is 0 Å². The van der Waals surface area contributed by atoms with E-state index in [1.165, 1.54) is 11.8 Å². The Kier molecular flexibility index (Phi) is 5.49. The van der Waals surface area contributed by atoms with E-state index in [9.17, 15) is 13.2 Å². The van der Waals surface area contributed by atoms with E-state index < -0.39 is 14.6 Å². The SMILES string of the molecule is CS(=O)(=O)C1(C(=O)N2CCC(OCCc3ccccc3)CC2)CCC1. The molecule has 1 aliphatic heterocycles. The first-order chi connectivity index (χ1) is 11.9. The van der Waals surface area contributed by atoms with Gasteiger partial charge >= 0.3 is 0 Å². The summed E-state index contributed by atoms with van der Waals surface area (Å²) in [6.07, 6.45) is 5.55. The molecule has 1 saturated carbocycles. The van der Waals surface area contributed by atoms with Crippen LogP contribution >= 0.6 is 0 Å². The molecule has 1 aliphatic carbocycles. The second-order valence-electron chi connectivity index (χ2n) is 7.22. The van der Waals surface area contributed by atoms with Crippen molar-refractivity contribution in [2.24, 2.45) is 0 Å². The molecule has 5 nitrogen and oxygen atoms in total. The fourth-order valence-corrected chi connectivity index (χ4v) is 5.22. The van der Waals surface area contributed by atoms with E-state index in [0.717, 1.165) is 25.7 Å². The normalized spacial score (nSPS) is 20.9. The molecule has 2 fully saturated rings. The number of ether oxygens (including phenoxy) is 1. The number of likely N-dealkylation sites (tertiary alicyclic amines) is 1. The third-order valence-corrected chi connectivity index (χ3v) is 7.58. The summed E-state index contributed by atoms with van der Waals surface area (Å²) in [6.45, 7) is 1.86. The van der Waals surface area contributed by atoms with E-state index >= 15 is 0 Å². The molecule has 138 valence electrons. The van der Waals surface area contributed by atoms with E-state index in [-0.39, 0.29) is 12.0 Å². The number of amides is 1. The van der Waals surface area contributed by atoms with Gasteiger partial charge in [-0.3, -0.25) is 4.79 Å². The van der Waals surface area contributed by atoms with Crippen LogP contribution in [-0.4, -0.2) is 56.0 Å². The highest BCUT2D eigenvalue weighted by atomic mass is 32.2. The van der Waals surface area contributed by atoms with Crippen LogP contribution in [0.2, 0.25) is 0 Å². The molecule has 1 saturated heterocycles. The van der Waals surface area contributed by atoms with Gasteiger partial charge in [0.25, 0.3) is 0 Å². The van der Waals surface area contributed by atoms with Gasteiger partial charge in [-0.1, -0.05) is 30.3 Å². The topological polar surface area (TPSA) is 63.7 Å². The largest absolute Gasteiger partial charge is 0.378 e. The molecule has 0 N–H and O–H groups in total. The monoisotopic (exact) mass is 365 g/mol. The Bertz CT molecular complexity index is 689. The maximum atomic E-state index is 12.8. The highest BCUT2D eigenvalue weighted by molar-refractivity contribution is 7.93. The second kappa shape index (κ2) is 7.46. The fraction of sp³-hybridized carbons (Fsp3) is 0.632. The third-order valence-electron chi connectivity index (χ3n) is 5.58. The number of carbonyl (C=O) groups excluding carboxylic acids is 1. The lowest BCUT2D eigenvalue weighted by Gasteiger charge is -2.43. The summed E-state index contributed by atoms with van der Waals surface area (Å²) in [5.74, 6) is -0.191. The lowest BCUT2D eigenvalue weighted by molar-refractivity contribution is -0.138. The highest BCUT2D eigenvalue weighted by Gasteiger charge is 2.54. The summed E-state index contributed by atoms with van der Waals surface area (Å²) in [4.78, 5) is 14.5. The van der Waals surface area contributed by atoms with Gasteiger partial charge in [0, 0.05) is 19.3 Å². The van der Waals surface area contributed by atoms with E-state index in [4.69, 9.17) is 4.74 Å². The van der Waals surface area contributed by atoms with Crippen LogP contribution in [0.1, 0.15) is 37.7 Å². The van der Waals surface area contributed by atoms with Crippen molar-refractivity contribution < 1.29 is 17.9 Å². The molecule has 0 atom stereocenters. The molecule has 1 amide bonds. The van der Waals surface area contributed by atoms with E-state index in [1.54, 1.807) is 4.90 Å². The van der Waals surface area contributed by atoms with Gasteiger partial charge in [-0.15, -0.1) is 0 Å². The lowest BCUT2D eigenvalue weighted by Crippen LogP contribution is -2.59. The quantitative estimate of drug-likeness (QED) is 0.775. The average Bonchev–Trinajstić information content (AvgIpc) is 2.54. The van der Waals surface area contributed by atoms with Crippen molar-refractivity contribution in [1.29, 1.82) is 0 Å². The molecule has 0 unspecified atom stereocenters. The number of rotatable bonds is 6. The summed E-state index contributed by atoms with van der Waals surface area (Å²) >= 11 is 0. The van der Waals surface area contributed by atoms with Crippen LogP contribution in [0.5, 0.6) is 0 Å². The van der Waals surface area contributed by atoms with Crippen LogP contribution in [0, 0.1) is 0 Å². The van der Waals surface area contributed by atoms with Crippen molar-refractivity contribution in [3.05, 3.63) is 35.9 Å². The van der Waals surface area contributed by atoms with Crippen LogP contribution in [0.15, 0.2) is 30.3 Å². The molecule has 0 spiro atoms. The maximum absolute atomic E-state index is 12.8. The number of carbonyl (C=O) groups is 1. The van der Waals surface area contributed by atoms with Gasteiger partial charge in [-0.25, -0.2) is 8.42 Å². The zero-order chi connectivity index (χ0) is 17.9. The molecule has 25 heavy (non-hydrogen) atoms. The van der Waals surface area contributed by atoms with Gasteiger partial charge in [-0.05, 0) is 44.1 Å². The number of hydrogen-bond donors (Lipinski definition) is 0. The Morgan fingerprint density at radius 1 is 1.20 bits per heavy atom. The van der Waals surface area contributed by atoms with Crippen molar-refractivity contribution in [3.63, 3.8) is 0 Å². The van der Waals surface area contributed by atoms with Gasteiger partial charge in [0.15, 0.2) is 14.6 Å². The highest BCUT2D eigenvalue weighted by Crippen LogP contribution is 2.41. The third kappa shape index (κ3) is 3.90. The van der Waals surface area contributed by atoms with E-state index in [0.29, 0.717) is 32.5 Å². The predicted molar refractivity (Wildman–Crippen MR) is 97.1 cm³/mol. The standard InChI is InChI=1S/C19H27NO4S/c1-25(22,23)19(11-5-12-19)18(21)20-13-8-17(9-14-20)24-15-10-16-6-3-2-4-7-16/h2-4,6-7,17H,5,8-15H2,1H3. The van der Waals surface area contributed by atoms with Crippen molar-refractivity contribution in [2.45, 2.75) is 49.4 Å². The van der Waals surface area contributed by atoms with Gasteiger partial charge in [0.05, 0.1) is 12.7 Å². The molecule has 2 aliphatic rings. The van der Waals surface area contributed by atoms with Crippen molar-refractivity contribution >= 4 is 15.7 Å². The Morgan fingerprint density at radius 2 is 1.84 bits per heavy atom. The van der Waals surface area contributed by atoms with Crippen molar-refractivity contribution in [2.75, 3.05) is 26.0 Å². The zero-order valence-corrected chi connectivity index (χ0v) is 15.6. The molecule has 1 aromatic carbocycles. The van der Waals surface area contributed by atoms with E-state index in [2.05, 4.69) is 12.1 Å². The summed E-state index contributed by atoms with van der Waals surface area (Å²) < 4.78 is 29.0. The first-order valence-electron chi connectivity index (χ1n) is 9.07. The van der Waals surface area contributed by atoms with Crippen molar-refractivity contribution in [3.8, 4) is 0 Å². The predicted octanol–water partition coefficient (Wildman–Crippen LogP) is 2.20. The number of piperidine rings is 1. The molecular weight excluding hydrogens is 338 g/mol. The smallest absolute Gasteiger partial charge is 0.244 e. The molecule has 3 rings (SSSR count). The Hall–Kier alpha value is -1.40. The summed E-state index contributed by atoms with van der Waals surface area (Å²) in [5, 5.41) is 0. The fourth-order valence-electron chi connectivity index (χ4n) is 3.74. The average molecular weight is 365 g/mol. The second-order valence-corrected chi connectivity index (χ2v) is 9.54. The Labute approximate surface area is 150 Å². The molecule has 0 aromatic heterocycles. The molecule has 0 radical (unpaired) electrons. The van der Waals surface area contributed by atoms with Gasteiger partial charge in [-0.2, -0.15) is 0 Å². The molecular formula is C19H27NO4S. The Balaban J connectivity index is 1.46. The van der Waals surface area contributed by atoms with Crippen LogP contribution in [0.3, 0.4) is 0 Å². The van der Waals surface area contributed by atoms with Gasteiger partial charge in [0.2, 0.25) is 5.91 Å². The number of hydrogen-bond acceptors (Lipinski definition) is 4. The minimum Gasteiger partial charge on any atom is -0.378 e. The molecule has 1 heterocycles. The number of benzene rings is 1. The molecule has 0 bridgehead atoms. The first kappa shape index (κ1) is 18.4. The van der Waals surface area contributed by atoms with E-state index in [1.807, 2.05) is 18.2 Å². The lowest BCUT2D eigenvalue weighted by atomic mass is 9.82. The number of sulfone groups is 1. The Morgan fingerprint density at radius 3 is 2.36 bits per heavy atom. The number of nitrogens with zero attached hydrogens (tertiary/aromatic N) is 1. The summed E-state index contributed by atoms with van der Waals surface area (Å²) in [6, 6.07) is 10.2. The molecule has 1 aromatic rings. The van der Waals surface area contributed by atoms with Crippen LogP contribution in [-0.2, 0) is 25.8 Å². The first-order valence-corrected chi connectivity index (χ1v) is 11.0. The van der Waals surface area contributed by atoms with Gasteiger partial charge in [0.1, 0.15) is 0 Å². The van der Waals surface area contributed by atoms with Crippen molar-refractivity contribution in [1.82, 2.24) is 4.90 Å². The summed E-state index contributed by atoms with van der Waals surface area (Å²) in [5.41, 5.74) is 1.26. The minimum absolute atomic E-state index is 0.156. The molecule has 6 heteroatoms. The van der Waals surface area contributed by atoms with Gasteiger partial charge < -0.3 is 9.64 Å². The summed E-state index contributed by atoms with van der Waals surface area (Å²) in [7, 11) is -3.36. The van der Waals surface area contributed by atoms with Crippen LogP contribution < -0.4 is 0 Å². The minimum atomic E-state index is -3.36. The maximum Gasteiger partial charge on any atom is 0.244 e. The van der Waals surface area contributed by atoms with Crippen LogP contribution in [0.4, 0.5) is 0 Å². The zero-order valence-electron chi connectivity index (χ0n) is 14.8.